The zero-order chi connectivity index (χ0) is 41.7. The number of ketones is 2. The predicted molar refractivity (Wildman–Crippen MR) is 229 cm³/mol. The van der Waals surface area contributed by atoms with Crippen molar-refractivity contribution >= 4 is 57.9 Å². The minimum atomic E-state index is -0.610. The first-order chi connectivity index (χ1) is 28.6. The number of hydrogen-bond acceptors (Lipinski definition) is 13. The van der Waals surface area contributed by atoms with Crippen molar-refractivity contribution < 1.29 is 48.4 Å². The molecule has 60 heavy (non-hydrogen) atoms. The number of hydrogen-bond donors (Lipinski definition) is 5. The number of non-ortho nitro benzene ring substituents is 2. The summed E-state index contributed by atoms with van der Waals surface area (Å²) in [6, 6.07) is 23.4. The van der Waals surface area contributed by atoms with Gasteiger partial charge in [0.05, 0.1) is 33.4 Å². The van der Waals surface area contributed by atoms with Gasteiger partial charge in [-0.05, 0) is 61.1 Å². The number of aromatic hydroxyl groups is 2. The molecule has 4 aliphatic carbocycles. The van der Waals surface area contributed by atoms with E-state index in [1.165, 1.54) is 101 Å². The van der Waals surface area contributed by atoms with E-state index in [4.69, 9.17) is 0 Å². The van der Waals surface area contributed by atoms with Gasteiger partial charge in [-0.2, -0.15) is 10.2 Å². The van der Waals surface area contributed by atoms with Crippen LogP contribution in [0, 0.1) is 20.2 Å². The molecule has 5 N–H and O–H groups in total. The third-order valence-electron chi connectivity index (χ3n) is 10.4. The van der Waals surface area contributed by atoms with Crippen LogP contribution < -0.4 is 16.2 Å². The first-order valence-corrected chi connectivity index (χ1v) is 19.6. The molecule has 4 aliphatic rings. The second-order valence-corrected chi connectivity index (χ2v) is 14.5. The number of hydrazone groups is 2. The first kappa shape index (κ1) is 44.6. The Kier molecular flexibility index (Phi) is 16.0. The number of rotatable bonds is 8. The number of fused-ring (bicyclic) bond motifs is 2. The van der Waals surface area contributed by atoms with E-state index in [0.29, 0.717) is 11.1 Å². The molecule has 15 nitrogen and oxygen atoms in total. The zero-order valence-electron chi connectivity index (χ0n) is 33.7. The van der Waals surface area contributed by atoms with Crippen molar-refractivity contribution in [3.05, 3.63) is 140 Å². The Hall–Kier alpha value is -6.47. The minimum Gasteiger partial charge on any atom is -0.505 e. The number of anilines is 2. The second kappa shape index (κ2) is 21.5. The van der Waals surface area contributed by atoms with Crippen LogP contribution in [-0.2, 0) is 27.0 Å². The molecule has 0 aromatic heterocycles. The molecule has 0 saturated heterocycles. The number of phenols is 2. The molecular weight excluding hydrogens is 807 g/mol. The molecule has 2 fully saturated rings. The number of phenolic OH excluding ortho intramolecular Hbond substituents is 2. The monoisotopic (exact) mass is 852 g/mol. The maximum atomic E-state index is 12.0. The maximum absolute atomic E-state index is 12.0. The van der Waals surface area contributed by atoms with Crippen LogP contribution >= 0.6 is 0 Å². The number of benzene rings is 4. The van der Waals surface area contributed by atoms with Crippen molar-refractivity contribution in [2.45, 2.75) is 76.3 Å². The van der Waals surface area contributed by atoms with Crippen LogP contribution in [0.4, 0.5) is 22.7 Å². The smallest absolute Gasteiger partial charge is 0.505 e. The Labute approximate surface area is 358 Å². The van der Waals surface area contributed by atoms with Gasteiger partial charge < -0.3 is 15.5 Å². The molecule has 8 rings (SSSR count). The molecule has 16 heteroatoms. The second-order valence-electron chi connectivity index (χ2n) is 14.5. The number of carbonyl (C=O) groups excluding carboxylic acids is 2. The fourth-order valence-corrected chi connectivity index (χ4v) is 7.26. The van der Waals surface area contributed by atoms with Crippen molar-refractivity contribution in [1.29, 1.82) is 0 Å². The summed E-state index contributed by atoms with van der Waals surface area (Å²) in [6.45, 7) is 0. The summed E-state index contributed by atoms with van der Waals surface area (Å²) in [6.07, 6.45) is 20.8. The number of nitro benzene ring substituents is 2. The minimum absolute atomic E-state index is 0. The Morgan fingerprint density at radius 2 is 0.950 bits per heavy atom. The van der Waals surface area contributed by atoms with Gasteiger partial charge in [0, 0.05) is 52.7 Å². The van der Waals surface area contributed by atoms with Crippen LogP contribution in [-0.4, -0.2) is 55.1 Å². The number of allylic oxidation sites excluding steroid dienone is 2. The molecule has 4 aromatic rings. The summed E-state index contributed by atoms with van der Waals surface area (Å²) >= 11 is 0. The van der Waals surface area contributed by atoms with Crippen molar-refractivity contribution in [3.63, 3.8) is 0 Å². The normalized spacial score (nSPS) is 17.2. The Morgan fingerprint density at radius 3 is 1.32 bits per heavy atom. The standard InChI is InChI=1S/2C16H11N3O4.C12H23N.Cr/c2*20-14-8-5-10-3-1-2-4-12(10)16(14)18-17-13-7-6-11(19(22)23)9-15(13)21;1-3-7-11(8-4-1)13-12-9-5-2-6-10-12;/h2*1-9,17,21H;11-13H,1-10H2;/p+1/b2*18-16-;;. The van der Waals surface area contributed by atoms with E-state index in [1.54, 1.807) is 36.4 Å². The Morgan fingerprint density at radius 1 is 0.567 bits per heavy atom. The fourth-order valence-electron chi connectivity index (χ4n) is 7.26. The molecule has 0 amide bonds. The van der Waals surface area contributed by atoms with Gasteiger partial charge in [-0.15, -0.1) is 0 Å². The van der Waals surface area contributed by atoms with E-state index >= 15 is 0 Å². The molecule has 310 valence electrons. The molecular formula is C44H46CrN7O8+. The van der Waals surface area contributed by atoms with Crippen molar-refractivity contribution in [2.24, 2.45) is 10.2 Å². The summed E-state index contributed by atoms with van der Waals surface area (Å²) in [5, 5.41) is 52.8. The molecule has 0 heterocycles. The third kappa shape index (κ3) is 11.8. The molecule has 0 aliphatic heterocycles. The average Bonchev–Trinajstić information content (AvgIpc) is 3.25. The van der Waals surface area contributed by atoms with Gasteiger partial charge >= 0.3 is 1.43 Å². The molecule has 0 spiro atoms. The van der Waals surface area contributed by atoms with E-state index in [2.05, 4.69) is 26.4 Å². The fraction of sp³-hybridized carbons (Fsp3) is 0.273. The molecule has 2 saturated carbocycles. The van der Waals surface area contributed by atoms with Gasteiger partial charge in [-0.25, -0.2) is 0 Å². The van der Waals surface area contributed by atoms with Gasteiger partial charge in [0.1, 0.15) is 22.9 Å². The molecule has 0 atom stereocenters. The SMILES string of the molecule is C1CCC(NC2CCCCC2)CC1.O=C1C=Cc2ccccc2/C1=N/Nc1ccc([N+](=O)[O-])cc1O.O=C1C=Cc2ccccc2/C1=N/Nc1ccc([N+](=O)[O-])cc1O.[Cr].[H+]. The van der Waals surface area contributed by atoms with Crippen LogP contribution in [0.15, 0.2) is 107 Å². The topological polar surface area (TPSA) is 222 Å². The summed E-state index contributed by atoms with van der Waals surface area (Å²) in [7, 11) is 0. The summed E-state index contributed by atoms with van der Waals surface area (Å²) in [5.74, 6) is -1.18. The molecule has 0 bridgehead atoms. The molecule has 0 unspecified atom stereocenters. The van der Waals surface area contributed by atoms with Gasteiger partial charge in [0.2, 0.25) is 11.6 Å². The molecule has 4 aromatic carbocycles. The van der Waals surface area contributed by atoms with Crippen molar-refractivity contribution in [2.75, 3.05) is 10.9 Å². The summed E-state index contributed by atoms with van der Waals surface area (Å²) < 4.78 is 0. The summed E-state index contributed by atoms with van der Waals surface area (Å²) in [4.78, 5) is 44.1. The van der Waals surface area contributed by atoms with Gasteiger partial charge in [0.15, 0.2) is 0 Å². The Balaban J connectivity index is 0.000000206. The Bertz CT molecular complexity index is 2180. The number of nitrogens with zero attached hydrogens (tertiary/aromatic N) is 4. The van der Waals surface area contributed by atoms with Crippen LogP contribution in [0.2, 0.25) is 0 Å². The number of nitro groups is 2. The van der Waals surface area contributed by atoms with Crippen LogP contribution in [0.3, 0.4) is 0 Å². The van der Waals surface area contributed by atoms with Gasteiger partial charge in [-0.1, -0.05) is 99.2 Å². The predicted octanol–water partition coefficient (Wildman–Crippen LogP) is 8.78. The van der Waals surface area contributed by atoms with E-state index in [-0.39, 0.29) is 76.0 Å². The third-order valence-corrected chi connectivity index (χ3v) is 10.4. The van der Waals surface area contributed by atoms with Crippen molar-refractivity contribution in [3.8, 4) is 11.5 Å². The number of carbonyl (C=O) groups is 2. The van der Waals surface area contributed by atoms with Crippen LogP contribution in [0.1, 0.15) is 87.9 Å². The summed E-state index contributed by atoms with van der Waals surface area (Å²) in [5.41, 5.74) is 8.52. The maximum Gasteiger partial charge on any atom is 1.00 e. The number of nitrogens with one attached hydrogen (secondary N) is 3. The zero-order valence-corrected chi connectivity index (χ0v) is 33.9. The van der Waals surface area contributed by atoms with E-state index in [9.17, 15) is 40.0 Å². The average molecular weight is 853 g/mol. The van der Waals surface area contributed by atoms with E-state index in [1.807, 2.05) is 24.3 Å². The van der Waals surface area contributed by atoms with E-state index < -0.39 is 9.85 Å². The van der Waals surface area contributed by atoms with Gasteiger partial charge in [0.25, 0.3) is 11.4 Å². The molecule has 0 radical (unpaired) electrons. The van der Waals surface area contributed by atoms with Crippen LogP contribution in [0.5, 0.6) is 11.5 Å². The van der Waals surface area contributed by atoms with E-state index in [0.717, 1.165) is 35.3 Å². The van der Waals surface area contributed by atoms with Gasteiger partial charge in [-0.3, -0.25) is 40.7 Å². The first-order valence-electron chi connectivity index (χ1n) is 19.6. The largest absolute Gasteiger partial charge is 1.00 e. The van der Waals surface area contributed by atoms with Crippen molar-refractivity contribution in [1.82, 2.24) is 5.32 Å². The van der Waals surface area contributed by atoms with Crippen LogP contribution in [0.25, 0.3) is 12.2 Å². The quantitative estimate of drug-likeness (QED) is 0.0640.